The van der Waals surface area contributed by atoms with Gasteiger partial charge >= 0.3 is 0 Å². The number of thiazole rings is 1. The number of carbonyl (C=O) groups is 2. The van der Waals surface area contributed by atoms with Gasteiger partial charge in [0.05, 0.1) is 28.4 Å². The van der Waals surface area contributed by atoms with Gasteiger partial charge in [0.25, 0.3) is 0 Å². The molecule has 1 aliphatic rings. The lowest BCUT2D eigenvalue weighted by atomic mass is 10.1. The number of hydrogen-bond acceptors (Lipinski definition) is 6. The van der Waals surface area contributed by atoms with Crippen molar-refractivity contribution in [2.45, 2.75) is 19.3 Å². The number of methoxy groups -OCH3 is 1. The van der Waals surface area contributed by atoms with Gasteiger partial charge < -0.3 is 14.5 Å². The number of halogens is 1. The van der Waals surface area contributed by atoms with Crippen LogP contribution in [0.2, 0.25) is 4.34 Å². The smallest absolute Gasteiger partial charge is 0.228 e. The molecule has 32 heavy (non-hydrogen) atoms. The van der Waals surface area contributed by atoms with Gasteiger partial charge in [-0.2, -0.15) is 0 Å². The summed E-state index contributed by atoms with van der Waals surface area (Å²) < 4.78 is 5.89. The van der Waals surface area contributed by atoms with Gasteiger partial charge in [-0.25, -0.2) is 4.98 Å². The number of aromatic nitrogens is 1. The summed E-state index contributed by atoms with van der Waals surface area (Å²) in [6.07, 6.45) is 1.44. The molecule has 9 heteroatoms. The fourth-order valence-electron chi connectivity index (χ4n) is 3.60. The Kier molecular flexibility index (Phi) is 7.44. The maximum absolute atomic E-state index is 12.7. The van der Waals surface area contributed by atoms with E-state index in [1.54, 1.807) is 7.11 Å². The molecule has 1 saturated heterocycles. The van der Waals surface area contributed by atoms with Gasteiger partial charge in [0.1, 0.15) is 10.8 Å². The SMILES string of the molecule is COc1ccc(CCC(=O)N2CCN(C(=O)Cc3csc(-c4ccc(Cl)s4)n3)CC2)cc1. The third kappa shape index (κ3) is 5.68. The van der Waals surface area contributed by atoms with Crippen molar-refractivity contribution in [1.29, 1.82) is 0 Å². The van der Waals surface area contributed by atoms with Gasteiger partial charge in [0.15, 0.2) is 0 Å². The Morgan fingerprint density at radius 3 is 2.34 bits per heavy atom. The second-order valence-corrected chi connectivity index (χ2v) is 10.1. The Labute approximate surface area is 200 Å². The molecular weight excluding hydrogens is 466 g/mol. The first-order chi connectivity index (χ1) is 15.5. The number of piperazine rings is 1. The van der Waals surface area contributed by atoms with Crippen molar-refractivity contribution in [3.05, 3.63) is 57.4 Å². The summed E-state index contributed by atoms with van der Waals surface area (Å²) in [6, 6.07) is 11.6. The monoisotopic (exact) mass is 489 g/mol. The van der Waals surface area contributed by atoms with Gasteiger partial charge in [-0.1, -0.05) is 23.7 Å². The van der Waals surface area contributed by atoms with E-state index in [-0.39, 0.29) is 18.2 Å². The van der Waals surface area contributed by atoms with E-state index in [2.05, 4.69) is 4.98 Å². The average Bonchev–Trinajstić information content (AvgIpc) is 3.46. The van der Waals surface area contributed by atoms with E-state index in [1.807, 2.05) is 51.6 Å². The molecule has 1 aromatic carbocycles. The summed E-state index contributed by atoms with van der Waals surface area (Å²) in [5.74, 6) is 0.994. The van der Waals surface area contributed by atoms with E-state index in [1.165, 1.54) is 22.7 Å². The fraction of sp³-hybridized carbons (Fsp3) is 0.348. The molecule has 2 aromatic heterocycles. The molecule has 2 amide bonds. The molecule has 6 nitrogen and oxygen atoms in total. The van der Waals surface area contributed by atoms with E-state index in [4.69, 9.17) is 16.3 Å². The highest BCUT2D eigenvalue weighted by molar-refractivity contribution is 7.23. The first kappa shape index (κ1) is 22.8. The zero-order chi connectivity index (χ0) is 22.5. The molecule has 0 aliphatic carbocycles. The Balaban J connectivity index is 1.22. The molecule has 1 fully saturated rings. The predicted molar refractivity (Wildman–Crippen MR) is 129 cm³/mol. The molecule has 168 valence electrons. The number of ether oxygens (including phenoxy) is 1. The van der Waals surface area contributed by atoms with Crippen molar-refractivity contribution in [1.82, 2.24) is 14.8 Å². The van der Waals surface area contributed by atoms with Crippen molar-refractivity contribution in [3.63, 3.8) is 0 Å². The number of rotatable bonds is 7. The van der Waals surface area contributed by atoms with Crippen molar-refractivity contribution >= 4 is 46.1 Å². The molecule has 4 rings (SSSR count). The summed E-state index contributed by atoms with van der Waals surface area (Å²) in [6.45, 7) is 2.27. The van der Waals surface area contributed by atoms with Crippen LogP contribution in [0.25, 0.3) is 9.88 Å². The van der Waals surface area contributed by atoms with Crippen LogP contribution in [-0.4, -0.2) is 59.9 Å². The topological polar surface area (TPSA) is 62.7 Å². The Bertz CT molecular complexity index is 1070. The molecule has 0 N–H and O–H groups in total. The van der Waals surface area contributed by atoms with E-state index in [0.29, 0.717) is 39.0 Å². The van der Waals surface area contributed by atoms with Crippen molar-refractivity contribution in [2.75, 3.05) is 33.3 Å². The van der Waals surface area contributed by atoms with Crippen molar-refractivity contribution in [3.8, 4) is 15.6 Å². The molecule has 0 unspecified atom stereocenters. The van der Waals surface area contributed by atoms with E-state index >= 15 is 0 Å². The van der Waals surface area contributed by atoms with E-state index < -0.39 is 0 Å². The third-order valence-corrected chi connectivity index (χ3v) is 7.73. The average molecular weight is 490 g/mol. The number of benzene rings is 1. The van der Waals surface area contributed by atoms with Gasteiger partial charge in [-0.15, -0.1) is 22.7 Å². The van der Waals surface area contributed by atoms with E-state index in [0.717, 1.165) is 31.2 Å². The number of hydrogen-bond donors (Lipinski definition) is 0. The number of carbonyl (C=O) groups excluding carboxylic acids is 2. The lowest BCUT2D eigenvalue weighted by Crippen LogP contribution is -2.51. The standard InChI is InChI=1S/C23H24ClN3O3S2/c1-30-18-5-2-16(3-6-18)4-9-21(28)26-10-12-27(13-11-26)22(29)14-17-15-31-23(25-17)19-7-8-20(24)32-19/h2-3,5-8,15H,4,9-14H2,1H3. The maximum atomic E-state index is 12.7. The van der Waals surface area contributed by atoms with Gasteiger partial charge in [-0.3, -0.25) is 9.59 Å². The summed E-state index contributed by atoms with van der Waals surface area (Å²) >= 11 is 9.01. The van der Waals surface area contributed by atoms with Gasteiger partial charge in [0, 0.05) is 38.0 Å². The summed E-state index contributed by atoms with van der Waals surface area (Å²) in [5.41, 5.74) is 1.89. The Hall–Kier alpha value is -2.42. The maximum Gasteiger partial charge on any atom is 0.228 e. The molecule has 1 aliphatic heterocycles. The minimum atomic E-state index is 0.0522. The number of nitrogens with zero attached hydrogens (tertiary/aromatic N) is 3. The van der Waals surface area contributed by atoms with Crippen molar-refractivity contribution in [2.24, 2.45) is 0 Å². The van der Waals surface area contributed by atoms with Crippen LogP contribution >= 0.6 is 34.3 Å². The fourth-order valence-corrected chi connectivity index (χ4v) is 5.54. The number of amides is 2. The summed E-state index contributed by atoms with van der Waals surface area (Å²) in [4.78, 5) is 34.6. The van der Waals surface area contributed by atoms with Crippen molar-refractivity contribution < 1.29 is 14.3 Å². The number of thiophene rings is 1. The van der Waals surface area contributed by atoms with Gasteiger partial charge in [-0.05, 0) is 36.2 Å². The zero-order valence-corrected chi connectivity index (χ0v) is 20.1. The largest absolute Gasteiger partial charge is 0.497 e. The summed E-state index contributed by atoms with van der Waals surface area (Å²) in [7, 11) is 1.64. The molecule has 0 spiro atoms. The van der Waals surface area contributed by atoms with Crippen LogP contribution in [-0.2, 0) is 22.4 Å². The highest BCUT2D eigenvalue weighted by Crippen LogP contribution is 2.33. The highest BCUT2D eigenvalue weighted by atomic mass is 35.5. The second kappa shape index (κ2) is 10.5. The van der Waals surface area contributed by atoms with Crippen LogP contribution in [0.15, 0.2) is 41.8 Å². The molecular formula is C23H24ClN3O3S2. The normalized spacial score (nSPS) is 13.9. The lowest BCUT2D eigenvalue weighted by Gasteiger charge is -2.34. The van der Waals surface area contributed by atoms with Crippen LogP contribution in [0.3, 0.4) is 0 Å². The first-order valence-corrected chi connectivity index (χ1v) is 12.5. The summed E-state index contributed by atoms with van der Waals surface area (Å²) in [5, 5.41) is 2.82. The molecule has 0 bridgehead atoms. The molecule has 0 saturated carbocycles. The van der Waals surface area contributed by atoms with Crippen LogP contribution in [0.1, 0.15) is 17.7 Å². The minimum absolute atomic E-state index is 0.0522. The Morgan fingerprint density at radius 2 is 1.72 bits per heavy atom. The minimum Gasteiger partial charge on any atom is -0.497 e. The molecule has 3 heterocycles. The second-order valence-electron chi connectivity index (χ2n) is 7.53. The molecule has 0 atom stereocenters. The quantitative estimate of drug-likeness (QED) is 0.494. The zero-order valence-electron chi connectivity index (χ0n) is 17.8. The van der Waals surface area contributed by atoms with Gasteiger partial charge in [0.2, 0.25) is 11.8 Å². The van der Waals surface area contributed by atoms with E-state index in [9.17, 15) is 9.59 Å². The predicted octanol–water partition coefficient (Wildman–Crippen LogP) is 4.38. The Morgan fingerprint density at radius 1 is 1.03 bits per heavy atom. The third-order valence-electron chi connectivity index (χ3n) is 5.44. The lowest BCUT2D eigenvalue weighted by molar-refractivity contribution is -0.139. The first-order valence-electron chi connectivity index (χ1n) is 10.4. The molecule has 3 aromatic rings. The highest BCUT2D eigenvalue weighted by Gasteiger charge is 2.24. The van der Waals surface area contributed by atoms with Crippen LogP contribution in [0.4, 0.5) is 0 Å². The van der Waals surface area contributed by atoms with Crippen LogP contribution in [0, 0.1) is 0 Å². The van der Waals surface area contributed by atoms with Crippen LogP contribution in [0.5, 0.6) is 5.75 Å². The number of aryl methyl sites for hydroxylation is 1. The van der Waals surface area contributed by atoms with Crippen LogP contribution < -0.4 is 4.74 Å². The molecule has 0 radical (unpaired) electrons.